The quantitative estimate of drug-likeness (QED) is 0.0979. The largest absolute Gasteiger partial charge is 0.254 e. The molecular formula is C55H61N2+. The van der Waals surface area contributed by atoms with Gasteiger partial charge in [-0.1, -0.05) is 187 Å². The Labute approximate surface area is 342 Å². The van der Waals surface area contributed by atoms with Gasteiger partial charge in [0, 0.05) is 22.3 Å². The minimum Gasteiger partial charge on any atom is -0.201 e. The van der Waals surface area contributed by atoms with Crippen molar-refractivity contribution in [2.45, 2.75) is 104 Å². The number of hydrogen-bond acceptors (Lipinski definition) is 0. The molecule has 0 amide bonds. The van der Waals surface area contributed by atoms with E-state index in [9.17, 15) is 0 Å². The van der Waals surface area contributed by atoms with Gasteiger partial charge in [0.05, 0.1) is 0 Å². The minimum atomic E-state index is 0.0359. The van der Waals surface area contributed by atoms with Crippen LogP contribution in [0.5, 0.6) is 0 Å². The molecule has 0 fully saturated rings. The molecular weight excluding hydrogens is 689 g/mol. The number of aromatic nitrogens is 2. The third-order valence-corrected chi connectivity index (χ3v) is 11.5. The van der Waals surface area contributed by atoms with E-state index in [2.05, 4.69) is 215 Å². The van der Waals surface area contributed by atoms with E-state index in [0.717, 1.165) is 51.4 Å². The second-order valence-electron chi connectivity index (χ2n) is 18.0. The van der Waals surface area contributed by atoms with Gasteiger partial charge in [0.2, 0.25) is 0 Å². The average molecular weight is 750 g/mol. The molecule has 7 aromatic rings. The number of hydrogen-bond donors (Lipinski definition) is 0. The van der Waals surface area contributed by atoms with E-state index in [1.165, 1.54) is 67.0 Å². The van der Waals surface area contributed by atoms with Crippen molar-refractivity contribution in [2.24, 2.45) is 0 Å². The Morgan fingerprint density at radius 1 is 0.404 bits per heavy atom. The van der Waals surface area contributed by atoms with E-state index in [1.807, 2.05) is 0 Å². The molecule has 6 aromatic carbocycles. The zero-order valence-corrected chi connectivity index (χ0v) is 35.1. The molecule has 0 bridgehead atoms. The fourth-order valence-electron chi connectivity index (χ4n) is 8.13. The van der Waals surface area contributed by atoms with Gasteiger partial charge >= 0.3 is 0 Å². The molecule has 1 aromatic heterocycles. The summed E-state index contributed by atoms with van der Waals surface area (Å²) in [4.78, 5) is 0. The summed E-state index contributed by atoms with van der Waals surface area (Å²) in [6, 6.07) is 53.9. The Hall–Kier alpha value is -5.47. The topological polar surface area (TPSA) is 8.81 Å². The number of rotatable bonds is 14. The van der Waals surface area contributed by atoms with Crippen molar-refractivity contribution in [2.75, 3.05) is 0 Å². The van der Waals surface area contributed by atoms with E-state index < -0.39 is 0 Å². The number of imidazole rings is 1. The summed E-state index contributed by atoms with van der Waals surface area (Å²) < 4.78 is 4.87. The lowest BCUT2D eigenvalue weighted by Gasteiger charge is -2.24. The second kappa shape index (κ2) is 17.8. The Kier molecular flexibility index (Phi) is 12.4. The van der Waals surface area contributed by atoms with Crippen molar-refractivity contribution in [3.8, 4) is 11.4 Å². The number of benzene rings is 6. The maximum atomic E-state index is 2.50. The summed E-state index contributed by atoms with van der Waals surface area (Å²) in [5.74, 6) is 0. The van der Waals surface area contributed by atoms with Gasteiger partial charge in [0.25, 0.3) is 6.33 Å². The Bertz CT molecular complexity index is 2040. The van der Waals surface area contributed by atoms with Gasteiger partial charge in [-0.05, 0) is 95.6 Å². The van der Waals surface area contributed by atoms with Gasteiger partial charge in [-0.25, -0.2) is 9.13 Å². The molecule has 1 heterocycles. The van der Waals surface area contributed by atoms with Gasteiger partial charge in [-0.2, -0.15) is 0 Å². The summed E-state index contributed by atoms with van der Waals surface area (Å²) in [7, 11) is 0. The molecule has 0 aliphatic heterocycles. The van der Waals surface area contributed by atoms with Crippen LogP contribution in [0, 0.1) is 0 Å². The molecule has 0 saturated carbocycles. The van der Waals surface area contributed by atoms with Crippen molar-refractivity contribution in [3.63, 3.8) is 0 Å². The van der Waals surface area contributed by atoms with Crippen LogP contribution in [-0.4, -0.2) is 4.57 Å². The van der Waals surface area contributed by atoms with Crippen molar-refractivity contribution < 1.29 is 4.57 Å². The molecule has 0 unspecified atom stereocenters. The first kappa shape index (κ1) is 39.8. The predicted octanol–water partition coefficient (Wildman–Crippen LogP) is 12.5. The van der Waals surface area contributed by atoms with Crippen molar-refractivity contribution in [3.05, 3.63) is 220 Å². The SMILES string of the molecule is CC(C)(C)c1cc(CCc2ccccc2)c(-n2cc[n+](-c3c(CCc4ccccc4)cc(C(C)(C)C)cc3CCc3ccccc3)c2)c(CCc2ccccc2)c1. The molecule has 57 heavy (non-hydrogen) atoms. The molecule has 0 spiro atoms. The molecule has 0 aliphatic carbocycles. The van der Waals surface area contributed by atoms with Crippen molar-refractivity contribution in [1.29, 1.82) is 0 Å². The lowest BCUT2D eigenvalue weighted by atomic mass is 9.82. The van der Waals surface area contributed by atoms with E-state index in [1.54, 1.807) is 0 Å². The lowest BCUT2D eigenvalue weighted by molar-refractivity contribution is -0.595. The maximum Gasteiger partial charge on any atom is 0.254 e. The van der Waals surface area contributed by atoms with Crippen LogP contribution in [0.15, 0.2) is 164 Å². The highest BCUT2D eigenvalue weighted by Crippen LogP contribution is 2.33. The predicted molar refractivity (Wildman–Crippen MR) is 240 cm³/mol. The maximum absolute atomic E-state index is 2.50. The first-order valence-corrected chi connectivity index (χ1v) is 21.1. The van der Waals surface area contributed by atoms with Crippen LogP contribution in [0.3, 0.4) is 0 Å². The molecule has 0 saturated heterocycles. The summed E-state index contributed by atoms with van der Waals surface area (Å²) in [6.07, 6.45) is 14.9. The van der Waals surface area contributed by atoms with Gasteiger partial charge in [-0.15, -0.1) is 0 Å². The standard InChI is InChI=1S/C55H61N2/c1-54(2,3)50-37-46(31-27-42-19-11-7-12-20-42)52(47(38-50)32-28-43-21-13-8-14-22-43)56-35-36-57(41-56)53-48(33-29-44-23-15-9-16-24-44)39-51(55(4,5)6)40-49(53)34-30-45-25-17-10-18-26-45/h7-26,35-41H,27-34H2,1-6H3/q+1. The van der Waals surface area contributed by atoms with Crippen LogP contribution >= 0.6 is 0 Å². The number of aryl methyl sites for hydroxylation is 8. The third kappa shape index (κ3) is 10.3. The molecule has 7 rings (SSSR count). The fourth-order valence-corrected chi connectivity index (χ4v) is 8.13. The smallest absolute Gasteiger partial charge is 0.201 e. The normalized spacial score (nSPS) is 11.9. The van der Waals surface area contributed by atoms with Crippen molar-refractivity contribution in [1.82, 2.24) is 4.57 Å². The molecule has 290 valence electrons. The molecule has 0 radical (unpaired) electrons. The van der Waals surface area contributed by atoms with E-state index in [0.29, 0.717) is 0 Å². The molecule has 0 atom stereocenters. The zero-order chi connectivity index (χ0) is 39.8. The first-order chi connectivity index (χ1) is 27.5. The molecule has 2 nitrogen and oxygen atoms in total. The van der Waals surface area contributed by atoms with Crippen LogP contribution < -0.4 is 4.57 Å². The molecule has 0 aliphatic rings. The molecule has 2 heteroatoms. The van der Waals surface area contributed by atoms with Gasteiger partial charge in [0.15, 0.2) is 0 Å². The van der Waals surface area contributed by atoms with Gasteiger partial charge < -0.3 is 0 Å². The summed E-state index contributed by atoms with van der Waals surface area (Å²) >= 11 is 0. The second-order valence-corrected chi connectivity index (χ2v) is 18.0. The Morgan fingerprint density at radius 3 is 1.05 bits per heavy atom. The van der Waals surface area contributed by atoms with Crippen LogP contribution in [-0.2, 0) is 62.2 Å². The van der Waals surface area contributed by atoms with Gasteiger partial charge in [0.1, 0.15) is 23.8 Å². The van der Waals surface area contributed by atoms with E-state index in [4.69, 9.17) is 0 Å². The lowest BCUT2D eigenvalue weighted by Crippen LogP contribution is -2.32. The summed E-state index contributed by atoms with van der Waals surface area (Å²) in [6.45, 7) is 14.1. The summed E-state index contributed by atoms with van der Waals surface area (Å²) in [5.41, 5.74) is 16.7. The fraction of sp³-hybridized carbons (Fsp3) is 0.291. The highest BCUT2D eigenvalue weighted by Gasteiger charge is 2.26. The van der Waals surface area contributed by atoms with Gasteiger partial charge in [-0.3, -0.25) is 0 Å². The highest BCUT2D eigenvalue weighted by molar-refractivity contribution is 5.53. The Balaban J connectivity index is 1.37. The zero-order valence-electron chi connectivity index (χ0n) is 35.1. The van der Waals surface area contributed by atoms with Crippen LogP contribution in [0.2, 0.25) is 0 Å². The first-order valence-electron chi connectivity index (χ1n) is 21.1. The third-order valence-electron chi connectivity index (χ3n) is 11.5. The monoisotopic (exact) mass is 749 g/mol. The van der Waals surface area contributed by atoms with Crippen LogP contribution in [0.4, 0.5) is 0 Å². The molecule has 0 N–H and O–H groups in total. The van der Waals surface area contributed by atoms with Crippen LogP contribution in [0.1, 0.15) is 97.2 Å². The Morgan fingerprint density at radius 2 is 0.719 bits per heavy atom. The number of nitrogens with zero attached hydrogens (tertiary/aromatic N) is 2. The highest BCUT2D eigenvalue weighted by atomic mass is 15.1. The van der Waals surface area contributed by atoms with Crippen molar-refractivity contribution >= 4 is 0 Å². The minimum absolute atomic E-state index is 0.0359. The van der Waals surface area contributed by atoms with Crippen LogP contribution in [0.25, 0.3) is 11.4 Å². The van der Waals surface area contributed by atoms with E-state index >= 15 is 0 Å². The average Bonchev–Trinajstić information content (AvgIpc) is 3.70. The summed E-state index contributed by atoms with van der Waals surface area (Å²) in [5, 5.41) is 0. The van der Waals surface area contributed by atoms with E-state index in [-0.39, 0.29) is 10.8 Å².